The minimum Gasteiger partial charge on any atom is -0.489 e. The Morgan fingerprint density at radius 1 is 1.24 bits per heavy atom. The Balaban J connectivity index is 1.63. The van der Waals surface area contributed by atoms with Crippen LogP contribution in [0.4, 0.5) is 0 Å². The number of rotatable bonds is 7. The topological polar surface area (TPSA) is 79.8 Å². The Morgan fingerprint density at radius 2 is 2.10 bits per heavy atom. The van der Waals surface area contributed by atoms with Gasteiger partial charge in [0.05, 0.1) is 18.2 Å². The van der Waals surface area contributed by atoms with Crippen LogP contribution in [0.3, 0.4) is 0 Å². The molecule has 0 radical (unpaired) electrons. The molecule has 1 unspecified atom stereocenters. The first kappa shape index (κ1) is 19.0. The number of ether oxygens (including phenoxy) is 2. The van der Waals surface area contributed by atoms with Crippen LogP contribution in [-0.4, -0.2) is 52.8 Å². The lowest BCUT2D eigenvalue weighted by Crippen LogP contribution is -2.29. The van der Waals surface area contributed by atoms with Crippen molar-refractivity contribution >= 4 is 22.5 Å². The molecule has 0 spiro atoms. The summed E-state index contributed by atoms with van der Waals surface area (Å²) in [5.74, 6) is 0.903. The Kier molecular flexibility index (Phi) is 5.20. The van der Waals surface area contributed by atoms with E-state index >= 15 is 0 Å². The number of likely N-dealkylation sites (N-methyl/N-ethyl adjacent to an activating group) is 1. The van der Waals surface area contributed by atoms with Crippen LogP contribution in [0.5, 0.6) is 11.5 Å². The van der Waals surface area contributed by atoms with Crippen molar-refractivity contribution in [1.29, 1.82) is 0 Å². The third kappa shape index (κ3) is 3.68. The zero-order valence-corrected chi connectivity index (χ0v) is 16.8. The van der Waals surface area contributed by atoms with E-state index < -0.39 is 0 Å². The fourth-order valence-electron chi connectivity index (χ4n) is 3.61. The number of para-hydroxylation sites is 1. The molecule has 7 nitrogen and oxygen atoms in total. The van der Waals surface area contributed by atoms with Crippen LogP contribution in [0.15, 0.2) is 47.8 Å². The van der Waals surface area contributed by atoms with Crippen molar-refractivity contribution < 1.29 is 14.3 Å². The second-order valence-corrected chi connectivity index (χ2v) is 7.07. The van der Waals surface area contributed by atoms with Gasteiger partial charge in [0.15, 0.2) is 17.3 Å². The first-order valence-corrected chi connectivity index (χ1v) is 9.70. The highest BCUT2D eigenvalue weighted by atomic mass is 16.5. The molecule has 4 rings (SSSR count). The van der Waals surface area contributed by atoms with Crippen LogP contribution in [0.25, 0.3) is 11.0 Å². The number of ketones is 1. The predicted octanol–water partition coefficient (Wildman–Crippen LogP) is 3.65. The van der Waals surface area contributed by atoms with Crippen molar-refractivity contribution in [2.24, 2.45) is 5.10 Å². The van der Waals surface area contributed by atoms with Gasteiger partial charge in [0.2, 0.25) is 0 Å². The van der Waals surface area contributed by atoms with Crippen molar-refractivity contribution in [3.63, 3.8) is 0 Å². The van der Waals surface area contributed by atoms with Crippen molar-refractivity contribution in [2.45, 2.75) is 26.3 Å². The van der Waals surface area contributed by atoms with Gasteiger partial charge in [-0.1, -0.05) is 6.07 Å². The number of hydrogen-bond acceptors (Lipinski definition) is 6. The fraction of sp³-hybridized carbons (Fsp3) is 0.318. The molecule has 1 aromatic carbocycles. The largest absolute Gasteiger partial charge is 0.489 e. The minimum atomic E-state index is -0.129. The highest BCUT2D eigenvalue weighted by Crippen LogP contribution is 2.34. The first-order chi connectivity index (χ1) is 14.1. The number of carbonyl (C=O) groups is 1. The second-order valence-electron chi connectivity index (χ2n) is 7.07. The molecule has 1 aliphatic heterocycles. The predicted molar refractivity (Wildman–Crippen MR) is 112 cm³/mol. The summed E-state index contributed by atoms with van der Waals surface area (Å²) in [6.45, 7) is 4.80. The number of pyridine rings is 1. The van der Waals surface area contributed by atoms with Crippen LogP contribution < -0.4 is 9.47 Å². The highest BCUT2D eigenvalue weighted by Gasteiger charge is 2.25. The molecule has 3 aromatic rings. The van der Waals surface area contributed by atoms with E-state index in [1.165, 1.54) is 0 Å². The number of nitrogens with zero attached hydrogens (tertiary/aromatic N) is 3. The summed E-state index contributed by atoms with van der Waals surface area (Å²) in [6, 6.07) is 9.29. The molecule has 0 fully saturated rings. The number of benzene rings is 1. The second kappa shape index (κ2) is 7.95. The molecule has 0 bridgehead atoms. The maximum atomic E-state index is 13.3. The molecule has 0 saturated heterocycles. The third-order valence-corrected chi connectivity index (χ3v) is 5.03. The van der Waals surface area contributed by atoms with Crippen LogP contribution in [0.1, 0.15) is 36.2 Å². The monoisotopic (exact) mass is 392 g/mol. The Bertz CT molecular complexity index is 1070. The molecule has 0 saturated carbocycles. The van der Waals surface area contributed by atoms with Crippen LogP contribution in [-0.2, 0) is 0 Å². The number of fused-ring (bicyclic) bond motifs is 1. The molecule has 1 aliphatic rings. The quantitative estimate of drug-likeness (QED) is 0.621. The van der Waals surface area contributed by atoms with Gasteiger partial charge in [-0.05, 0) is 38.1 Å². The van der Waals surface area contributed by atoms with Gasteiger partial charge in [0.1, 0.15) is 12.3 Å². The molecule has 0 amide bonds. The number of carbonyl (C=O) groups excluding carboxylic acids is 1. The van der Waals surface area contributed by atoms with E-state index in [9.17, 15) is 4.79 Å². The van der Waals surface area contributed by atoms with E-state index in [4.69, 9.17) is 9.47 Å². The zero-order chi connectivity index (χ0) is 20.4. The van der Waals surface area contributed by atoms with Gasteiger partial charge >= 0.3 is 0 Å². The average molecular weight is 392 g/mol. The van der Waals surface area contributed by atoms with Gasteiger partial charge in [-0.2, -0.15) is 5.10 Å². The van der Waals surface area contributed by atoms with Crippen molar-refractivity contribution in [3.05, 3.63) is 53.9 Å². The van der Waals surface area contributed by atoms with E-state index in [0.717, 1.165) is 17.5 Å². The maximum Gasteiger partial charge on any atom is 0.199 e. The molecule has 1 atom stereocenters. The van der Waals surface area contributed by atoms with Gasteiger partial charge in [0.25, 0.3) is 0 Å². The molecule has 150 valence electrons. The minimum absolute atomic E-state index is 0.129. The van der Waals surface area contributed by atoms with E-state index in [1.807, 2.05) is 50.2 Å². The first-order valence-electron chi connectivity index (χ1n) is 9.70. The summed E-state index contributed by atoms with van der Waals surface area (Å²) < 4.78 is 11.9. The molecule has 2 aromatic heterocycles. The number of hydrazone groups is 1. The molecule has 29 heavy (non-hydrogen) atoms. The van der Waals surface area contributed by atoms with Gasteiger partial charge < -0.3 is 14.5 Å². The number of hydrogen-bond donors (Lipinski definition) is 1. The summed E-state index contributed by atoms with van der Waals surface area (Å²) >= 11 is 0. The van der Waals surface area contributed by atoms with E-state index in [0.29, 0.717) is 41.5 Å². The normalized spacial score (nSPS) is 16.2. The maximum absolute atomic E-state index is 13.3. The summed E-state index contributed by atoms with van der Waals surface area (Å²) in [6.07, 6.45) is 4.25. The Labute approximate surface area is 169 Å². The molecule has 0 aliphatic carbocycles. The average Bonchev–Trinajstić information content (AvgIpc) is 3.29. The number of H-pyrrole nitrogens is 1. The van der Waals surface area contributed by atoms with E-state index in [2.05, 4.69) is 15.1 Å². The molecular weight excluding hydrogens is 368 g/mol. The zero-order valence-electron chi connectivity index (χ0n) is 16.8. The lowest BCUT2D eigenvalue weighted by Gasteiger charge is -2.21. The van der Waals surface area contributed by atoms with Crippen LogP contribution in [0, 0.1) is 0 Å². The third-order valence-electron chi connectivity index (χ3n) is 5.03. The number of aromatic amines is 1. The number of nitrogens with one attached hydrogen (secondary N) is 1. The number of aromatic nitrogens is 2. The molecular formula is C22H24N4O3. The SMILES string of the molecule is CCOc1c(OCC2CC(C)=NN2C)cccc1C(=O)c1c[nH]c2ncccc12. The molecule has 3 heterocycles. The summed E-state index contributed by atoms with van der Waals surface area (Å²) in [4.78, 5) is 20.6. The smallest absolute Gasteiger partial charge is 0.199 e. The van der Waals surface area contributed by atoms with E-state index in [1.54, 1.807) is 18.5 Å². The van der Waals surface area contributed by atoms with Crippen molar-refractivity contribution in [1.82, 2.24) is 15.0 Å². The van der Waals surface area contributed by atoms with Crippen molar-refractivity contribution in [2.75, 3.05) is 20.3 Å². The Morgan fingerprint density at radius 3 is 2.86 bits per heavy atom. The lowest BCUT2D eigenvalue weighted by molar-refractivity contribution is 0.103. The van der Waals surface area contributed by atoms with Crippen molar-refractivity contribution in [3.8, 4) is 11.5 Å². The molecule has 7 heteroatoms. The fourth-order valence-corrected chi connectivity index (χ4v) is 3.61. The summed E-state index contributed by atoms with van der Waals surface area (Å²) in [7, 11) is 1.94. The lowest BCUT2D eigenvalue weighted by atomic mass is 10.0. The standard InChI is InChI=1S/C22H24N4O3/c1-4-28-21-17(20(27)18-12-24-22-16(18)8-6-10-23-22)7-5-9-19(21)29-13-15-11-14(2)25-26(15)3/h5-10,12,15H,4,11,13H2,1-3H3,(H,23,24). The summed E-state index contributed by atoms with van der Waals surface area (Å²) in [5, 5.41) is 7.13. The Hall–Kier alpha value is -3.35. The van der Waals surface area contributed by atoms with Gasteiger partial charge in [-0.25, -0.2) is 4.98 Å². The summed E-state index contributed by atoms with van der Waals surface area (Å²) in [5.41, 5.74) is 2.80. The van der Waals surface area contributed by atoms with Crippen LogP contribution >= 0.6 is 0 Å². The van der Waals surface area contributed by atoms with Gasteiger partial charge in [0, 0.05) is 42.5 Å². The van der Waals surface area contributed by atoms with Gasteiger partial charge in [-0.3, -0.25) is 9.80 Å². The van der Waals surface area contributed by atoms with Crippen LogP contribution in [0.2, 0.25) is 0 Å². The van der Waals surface area contributed by atoms with E-state index in [-0.39, 0.29) is 11.8 Å². The molecule has 1 N–H and O–H groups in total. The highest BCUT2D eigenvalue weighted by molar-refractivity contribution is 6.17. The van der Waals surface area contributed by atoms with Gasteiger partial charge in [-0.15, -0.1) is 0 Å².